The maximum absolute atomic E-state index is 5.46. The molecule has 1 aliphatic heterocycles. The Bertz CT molecular complexity index is 801. The SMILES string of the molecule is CN=C(NCCc1cc(C)ccc1OC)NCc1ccc(N2CCSCC2)cc1. The smallest absolute Gasteiger partial charge is 0.191 e. The van der Waals surface area contributed by atoms with E-state index in [1.165, 1.54) is 33.9 Å². The topological polar surface area (TPSA) is 48.9 Å². The summed E-state index contributed by atoms with van der Waals surface area (Å²) in [5.74, 6) is 4.20. The normalized spacial score (nSPS) is 14.6. The molecule has 3 rings (SSSR count). The number of hydrogen-bond donors (Lipinski definition) is 2. The van der Waals surface area contributed by atoms with Gasteiger partial charge in [0.05, 0.1) is 7.11 Å². The molecule has 6 heteroatoms. The lowest BCUT2D eigenvalue weighted by Gasteiger charge is -2.28. The first-order valence-electron chi connectivity index (χ1n) is 10.2. The molecule has 0 unspecified atom stereocenters. The van der Waals surface area contributed by atoms with Crippen LogP contribution in [0.15, 0.2) is 47.5 Å². The number of methoxy groups -OCH3 is 1. The van der Waals surface area contributed by atoms with E-state index in [4.69, 9.17) is 4.74 Å². The van der Waals surface area contributed by atoms with E-state index in [1.807, 2.05) is 17.8 Å². The molecule has 0 amide bonds. The Morgan fingerprint density at radius 1 is 1.10 bits per heavy atom. The van der Waals surface area contributed by atoms with Crippen LogP contribution >= 0.6 is 11.8 Å². The van der Waals surface area contributed by atoms with E-state index in [0.717, 1.165) is 44.3 Å². The van der Waals surface area contributed by atoms with Crippen molar-refractivity contribution < 1.29 is 4.74 Å². The highest BCUT2D eigenvalue weighted by atomic mass is 32.2. The summed E-state index contributed by atoms with van der Waals surface area (Å²) in [7, 11) is 3.53. The van der Waals surface area contributed by atoms with E-state index in [2.05, 4.69) is 63.8 Å². The van der Waals surface area contributed by atoms with Crippen LogP contribution in [0.1, 0.15) is 16.7 Å². The van der Waals surface area contributed by atoms with Crippen LogP contribution < -0.4 is 20.3 Å². The van der Waals surface area contributed by atoms with Crippen LogP contribution in [0.25, 0.3) is 0 Å². The summed E-state index contributed by atoms with van der Waals surface area (Å²) in [4.78, 5) is 6.80. The van der Waals surface area contributed by atoms with Gasteiger partial charge in [-0.05, 0) is 42.7 Å². The number of rotatable bonds is 7. The number of guanidine groups is 1. The number of benzene rings is 2. The summed E-state index contributed by atoms with van der Waals surface area (Å²) in [6.45, 7) is 5.94. The number of anilines is 1. The molecular weight excluding hydrogens is 380 g/mol. The number of nitrogens with one attached hydrogen (secondary N) is 2. The number of nitrogens with zero attached hydrogens (tertiary/aromatic N) is 2. The van der Waals surface area contributed by atoms with Gasteiger partial charge in [0.15, 0.2) is 5.96 Å². The van der Waals surface area contributed by atoms with Crippen LogP contribution in [0, 0.1) is 6.92 Å². The summed E-state index contributed by atoms with van der Waals surface area (Å²) in [5.41, 5.74) is 5.03. The number of aliphatic imine (C=N–C) groups is 1. The summed E-state index contributed by atoms with van der Waals surface area (Å²) in [6.07, 6.45) is 0.883. The molecule has 1 aliphatic rings. The molecule has 1 heterocycles. The second kappa shape index (κ2) is 11.0. The van der Waals surface area contributed by atoms with Crippen LogP contribution in [-0.2, 0) is 13.0 Å². The molecule has 156 valence electrons. The lowest BCUT2D eigenvalue weighted by Crippen LogP contribution is -2.37. The maximum atomic E-state index is 5.46. The number of aryl methyl sites for hydroxylation is 1. The minimum Gasteiger partial charge on any atom is -0.496 e. The highest BCUT2D eigenvalue weighted by Crippen LogP contribution is 2.20. The molecule has 0 aliphatic carbocycles. The summed E-state index contributed by atoms with van der Waals surface area (Å²) in [6, 6.07) is 15.2. The largest absolute Gasteiger partial charge is 0.496 e. The predicted molar refractivity (Wildman–Crippen MR) is 126 cm³/mol. The molecule has 0 radical (unpaired) electrons. The van der Waals surface area contributed by atoms with Gasteiger partial charge >= 0.3 is 0 Å². The molecule has 0 bridgehead atoms. The van der Waals surface area contributed by atoms with E-state index in [9.17, 15) is 0 Å². The first-order valence-corrected chi connectivity index (χ1v) is 11.3. The highest BCUT2D eigenvalue weighted by molar-refractivity contribution is 7.99. The van der Waals surface area contributed by atoms with Gasteiger partial charge in [0.25, 0.3) is 0 Å². The summed E-state index contributed by atoms with van der Waals surface area (Å²) >= 11 is 2.04. The van der Waals surface area contributed by atoms with E-state index in [0.29, 0.717) is 0 Å². The van der Waals surface area contributed by atoms with Crippen molar-refractivity contribution in [1.29, 1.82) is 0 Å². The first kappa shape index (κ1) is 21.4. The van der Waals surface area contributed by atoms with Gasteiger partial charge in [0, 0.05) is 50.4 Å². The van der Waals surface area contributed by atoms with E-state index in [1.54, 1.807) is 14.2 Å². The molecule has 2 N–H and O–H groups in total. The first-order chi connectivity index (χ1) is 14.2. The zero-order valence-corrected chi connectivity index (χ0v) is 18.5. The van der Waals surface area contributed by atoms with E-state index < -0.39 is 0 Å². The minimum absolute atomic E-state index is 0.754. The monoisotopic (exact) mass is 412 g/mol. The average Bonchev–Trinajstić information content (AvgIpc) is 2.77. The Kier molecular flexibility index (Phi) is 8.11. The third-order valence-corrected chi connectivity index (χ3v) is 6.06. The second-order valence-electron chi connectivity index (χ2n) is 7.18. The fraction of sp³-hybridized carbons (Fsp3) is 0.435. The molecule has 0 aromatic heterocycles. The fourth-order valence-electron chi connectivity index (χ4n) is 3.47. The molecule has 0 saturated carbocycles. The van der Waals surface area contributed by atoms with Crippen molar-refractivity contribution in [2.24, 2.45) is 4.99 Å². The van der Waals surface area contributed by atoms with Crippen molar-refractivity contribution >= 4 is 23.4 Å². The Labute approximate surface area is 178 Å². The van der Waals surface area contributed by atoms with Gasteiger partial charge in [-0.2, -0.15) is 11.8 Å². The summed E-state index contributed by atoms with van der Waals surface area (Å²) in [5, 5.41) is 6.80. The Balaban J connectivity index is 1.46. The van der Waals surface area contributed by atoms with Crippen molar-refractivity contribution in [1.82, 2.24) is 10.6 Å². The van der Waals surface area contributed by atoms with Crippen molar-refractivity contribution in [3.8, 4) is 5.75 Å². The Morgan fingerprint density at radius 2 is 1.86 bits per heavy atom. The van der Waals surface area contributed by atoms with Gasteiger partial charge in [0.2, 0.25) is 0 Å². The van der Waals surface area contributed by atoms with Crippen LogP contribution in [0.2, 0.25) is 0 Å². The predicted octanol–water partition coefficient (Wildman–Crippen LogP) is 3.46. The van der Waals surface area contributed by atoms with Crippen molar-refractivity contribution in [2.45, 2.75) is 19.9 Å². The van der Waals surface area contributed by atoms with Gasteiger partial charge in [-0.1, -0.05) is 29.8 Å². The zero-order chi connectivity index (χ0) is 20.5. The molecule has 2 aromatic rings. The molecule has 2 aromatic carbocycles. The van der Waals surface area contributed by atoms with Crippen LogP contribution in [-0.4, -0.2) is 51.3 Å². The van der Waals surface area contributed by atoms with Gasteiger partial charge in [-0.3, -0.25) is 4.99 Å². The minimum atomic E-state index is 0.754. The summed E-state index contributed by atoms with van der Waals surface area (Å²) < 4.78 is 5.46. The van der Waals surface area contributed by atoms with Crippen LogP contribution in [0.5, 0.6) is 5.75 Å². The van der Waals surface area contributed by atoms with E-state index in [-0.39, 0.29) is 0 Å². The van der Waals surface area contributed by atoms with Crippen LogP contribution in [0.3, 0.4) is 0 Å². The standard InChI is InChI=1S/C23H32N4OS/c1-18-4-9-22(28-3)20(16-18)10-11-25-23(24-2)26-17-19-5-7-21(8-6-19)27-12-14-29-15-13-27/h4-9,16H,10-15,17H2,1-3H3,(H2,24,25,26). The quantitative estimate of drug-likeness (QED) is 0.539. The fourth-order valence-corrected chi connectivity index (χ4v) is 4.37. The van der Waals surface area contributed by atoms with Gasteiger partial charge in [-0.15, -0.1) is 0 Å². The molecular formula is C23H32N4OS. The average molecular weight is 413 g/mol. The highest BCUT2D eigenvalue weighted by Gasteiger charge is 2.11. The lowest BCUT2D eigenvalue weighted by molar-refractivity contribution is 0.409. The Hall–Kier alpha value is -2.34. The van der Waals surface area contributed by atoms with Gasteiger partial charge in [-0.25, -0.2) is 0 Å². The van der Waals surface area contributed by atoms with Crippen LogP contribution in [0.4, 0.5) is 5.69 Å². The zero-order valence-electron chi connectivity index (χ0n) is 17.7. The Morgan fingerprint density at radius 3 is 2.55 bits per heavy atom. The van der Waals surface area contributed by atoms with Crippen molar-refractivity contribution in [3.63, 3.8) is 0 Å². The molecule has 1 saturated heterocycles. The molecule has 29 heavy (non-hydrogen) atoms. The van der Waals surface area contributed by atoms with Gasteiger partial charge in [0.1, 0.15) is 5.75 Å². The molecule has 1 fully saturated rings. The molecule has 5 nitrogen and oxygen atoms in total. The van der Waals surface area contributed by atoms with Crippen molar-refractivity contribution in [2.75, 3.05) is 50.2 Å². The third-order valence-electron chi connectivity index (χ3n) is 5.12. The number of thioether (sulfide) groups is 1. The lowest BCUT2D eigenvalue weighted by atomic mass is 10.1. The van der Waals surface area contributed by atoms with Crippen molar-refractivity contribution in [3.05, 3.63) is 59.2 Å². The maximum Gasteiger partial charge on any atom is 0.191 e. The molecule has 0 spiro atoms. The second-order valence-corrected chi connectivity index (χ2v) is 8.41. The van der Waals surface area contributed by atoms with E-state index >= 15 is 0 Å². The molecule has 0 atom stereocenters. The number of hydrogen-bond acceptors (Lipinski definition) is 4. The third kappa shape index (κ3) is 6.32. The number of ether oxygens (including phenoxy) is 1. The van der Waals surface area contributed by atoms with Gasteiger partial charge < -0.3 is 20.3 Å².